The van der Waals surface area contributed by atoms with Crippen LogP contribution in [0.15, 0.2) is 55.3 Å². The molecule has 5 rings (SSSR count). The molecule has 9 nitrogen and oxygen atoms in total. The second-order valence-corrected chi connectivity index (χ2v) is 10.9. The summed E-state index contributed by atoms with van der Waals surface area (Å²) in [5, 5.41) is 7.80. The first-order chi connectivity index (χ1) is 20.8. The van der Waals surface area contributed by atoms with Gasteiger partial charge in [0.15, 0.2) is 0 Å². The Kier molecular flexibility index (Phi) is 9.67. The second kappa shape index (κ2) is 13.6. The molecular weight excluding hydrogens is 589 g/mol. The minimum Gasteiger partial charge on any atom is -0.495 e. The molecule has 11 heteroatoms. The number of carbonyl (C=O) groups excluding carboxylic acids is 1. The minimum absolute atomic E-state index is 0.300. The first kappa shape index (κ1) is 30.6. The molecule has 2 heterocycles. The minimum atomic E-state index is -0.300. The molecule has 0 spiro atoms. The van der Waals surface area contributed by atoms with Gasteiger partial charge >= 0.3 is 0 Å². The Morgan fingerprint density at radius 1 is 1.09 bits per heavy atom. The van der Waals surface area contributed by atoms with Gasteiger partial charge in [0.1, 0.15) is 11.5 Å². The van der Waals surface area contributed by atoms with E-state index in [2.05, 4.69) is 33.2 Å². The van der Waals surface area contributed by atoms with E-state index in [1.54, 1.807) is 12.3 Å². The number of methoxy groups -OCH3 is 2. The van der Waals surface area contributed by atoms with Crippen LogP contribution >= 0.6 is 23.2 Å². The average molecular weight is 623 g/mol. The van der Waals surface area contributed by atoms with Gasteiger partial charge in [-0.25, -0.2) is 9.97 Å². The number of nitrogens with zero attached hydrogens (tertiary/aromatic N) is 3. The first-order valence-electron chi connectivity index (χ1n) is 13.8. The molecule has 0 atom stereocenters. The highest BCUT2D eigenvalue weighted by Crippen LogP contribution is 2.46. The van der Waals surface area contributed by atoms with E-state index in [9.17, 15) is 4.79 Å². The smallest absolute Gasteiger partial charge is 0.247 e. The maximum atomic E-state index is 12.3. The summed E-state index contributed by atoms with van der Waals surface area (Å²) < 4.78 is 16.3. The molecule has 0 saturated carbocycles. The highest BCUT2D eigenvalue weighted by atomic mass is 35.5. The van der Waals surface area contributed by atoms with E-state index in [0.717, 1.165) is 61.3 Å². The van der Waals surface area contributed by atoms with Crippen molar-refractivity contribution in [2.75, 3.05) is 57.7 Å². The van der Waals surface area contributed by atoms with Crippen LogP contribution in [0.25, 0.3) is 22.0 Å². The highest BCUT2D eigenvalue weighted by molar-refractivity contribution is 6.41. The van der Waals surface area contributed by atoms with Gasteiger partial charge in [0.05, 0.1) is 54.4 Å². The van der Waals surface area contributed by atoms with E-state index in [4.69, 9.17) is 42.4 Å². The number of aromatic nitrogens is 2. The largest absolute Gasteiger partial charge is 0.495 e. The quantitative estimate of drug-likeness (QED) is 0.189. The molecule has 43 heavy (non-hydrogen) atoms. The van der Waals surface area contributed by atoms with Crippen molar-refractivity contribution in [1.29, 1.82) is 0 Å². The number of aryl methyl sites for hydroxylation is 1. The lowest BCUT2D eigenvalue weighted by Gasteiger charge is -2.26. The van der Waals surface area contributed by atoms with Crippen LogP contribution in [-0.4, -0.2) is 67.8 Å². The monoisotopic (exact) mass is 621 g/mol. The molecule has 1 amide bonds. The van der Waals surface area contributed by atoms with Crippen LogP contribution in [0.1, 0.15) is 11.1 Å². The van der Waals surface area contributed by atoms with Crippen LogP contribution < -0.4 is 20.1 Å². The maximum Gasteiger partial charge on any atom is 0.247 e. The normalized spacial score (nSPS) is 13.5. The van der Waals surface area contributed by atoms with E-state index in [-0.39, 0.29) is 5.91 Å². The van der Waals surface area contributed by atoms with Crippen molar-refractivity contribution in [2.24, 2.45) is 0 Å². The molecule has 0 unspecified atom stereocenters. The summed E-state index contributed by atoms with van der Waals surface area (Å²) in [5.41, 5.74) is 5.49. The van der Waals surface area contributed by atoms with E-state index >= 15 is 0 Å². The number of halogens is 2. The van der Waals surface area contributed by atoms with Gasteiger partial charge < -0.3 is 24.8 Å². The molecule has 224 valence electrons. The molecule has 4 aromatic rings. The van der Waals surface area contributed by atoms with E-state index in [1.807, 2.05) is 31.2 Å². The number of nitrogens with one attached hydrogen (secondary N) is 2. The Balaban J connectivity index is 1.44. The Morgan fingerprint density at radius 2 is 1.81 bits per heavy atom. The van der Waals surface area contributed by atoms with Crippen molar-refractivity contribution >= 4 is 57.3 Å². The zero-order chi connectivity index (χ0) is 30.5. The predicted molar refractivity (Wildman–Crippen MR) is 172 cm³/mol. The molecule has 1 aliphatic heterocycles. The molecule has 2 N–H and O–H groups in total. The molecule has 1 fully saturated rings. The first-order valence-corrected chi connectivity index (χ1v) is 14.6. The van der Waals surface area contributed by atoms with Crippen LogP contribution in [0.3, 0.4) is 0 Å². The van der Waals surface area contributed by atoms with Crippen molar-refractivity contribution in [3.63, 3.8) is 0 Å². The van der Waals surface area contributed by atoms with Gasteiger partial charge in [-0.05, 0) is 54.3 Å². The molecule has 1 saturated heterocycles. The predicted octanol–water partition coefficient (Wildman–Crippen LogP) is 6.67. The van der Waals surface area contributed by atoms with Crippen molar-refractivity contribution in [3.8, 4) is 22.6 Å². The lowest BCUT2D eigenvalue weighted by atomic mass is 10.0. The van der Waals surface area contributed by atoms with Crippen molar-refractivity contribution < 1.29 is 19.0 Å². The van der Waals surface area contributed by atoms with E-state index < -0.39 is 0 Å². The lowest BCUT2D eigenvalue weighted by molar-refractivity contribution is -0.111. The summed E-state index contributed by atoms with van der Waals surface area (Å²) >= 11 is 13.3. The number of hydrogen-bond donors (Lipinski definition) is 2. The summed E-state index contributed by atoms with van der Waals surface area (Å²) in [6, 6.07) is 11.4. The highest BCUT2D eigenvalue weighted by Gasteiger charge is 2.20. The number of hydrogen-bond acceptors (Lipinski definition) is 8. The van der Waals surface area contributed by atoms with Crippen molar-refractivity contribution in [1.82, 2.24) is 14.9 Å². The SMILES string of the molecule is C=CC(=O)Nc1cc(CCN2CCOCC2)cc(C)c1Nc1ncc2cc(-c3c(Cl)c(OC)cc(OC)c3Cl)ccc2n1. The number of fused-ring (bicyclic) bond motifs is 1. The molecule has 0 aliphatic carbocycles. The van der Waals surface area contributed by atoms with Gasteiger partial charge in [-0.3, -0.25) is 9.69 Å². The van der Waals surface area contributed by atoms with Crippen molar-refractivity contribution in [3.05, 3.63) is 76.4 Å². The van der Waals surface area contributed by atoms with Crippen LogP contribution in [0.5, 0.6) is 11.5 Å². The van der Waals surface area contributed by atoms with Gasteiger partial charge in [-0.2, -0.15) is 0 Å². The van der Waals surface area contributed by atoms with Crippen LogP contribution in [0, 0.1) is 6.92 Å². The zero-order valence-corrected chi connectivity index (χ0v) is 25.8. The number of anilines is 3. The zero-order valence-electron chi connectivity index (χ0n) is 24.3. The fraction of sp³-hybridized carbons (Fsp3) is 0.281. The van der Waals surface area contributed by atoms with Gasteiger partial charge in [-0.15, -0.1) is 0 Å². The summed E-state index contributed by atoms with van der Waals surface area (Å²) in [6.45, 7) is 9.87. The Hall–Kier alpha value is -3.89. The van der Waals surface area contributed by atoms with Crippen molar-refractivity contribution in [2.45, 2.75) is 13.3 Å². The van der Waals surface area contributed by atoms with Gasteiger partial charge in [0, 0.05) is 42.8 Å². The summed E-state index contributed by atoms with van der Waals surface area (Å²) in [4.78, 5) is 24.0. The number of rotatable bonds is 10. The number of benzene rings is 3. The standard InChI is InChI=1S/C32H33Cl2N5O4/c1-5-27(40)36-24-15-20(8-9-39-10-12-43-13-11-39)14-19(2)31(24)38-32-35-18-22-16-21(6-7-23(22)37-32)28-29(33)25(41-3)17-26(42-4)30(28)34/h5-7,14-18H,1,8-13H2,2-4H3,(H,36,40)(H,35,37,38). The topological polar surface area (TPSA) is 97.8 Å². The molecule has 3 aromatic carbocycles. The molecular formula is C32H33Cl2N5O4. The Morgan fingerprint density at radius 3 is 2.49 bits per heavy atom. The average Bonchev–Trinajstić information content (AvgIpc) is 3.02. The lowest BCUT2D eigenvalue weighted by Crippen LogP contribution is -2.37. The molecule has 1 aromatic heterocycles. The Bertz CT molecular complexity index is 1650. The number of carbonyl (C=O) groups is 1. The fourth-order valence-corrected chi connectivity index (χ4v) is 5.79. The van der Waals surface area contributed by atoms with Crippen LogP contribution in [0.4, 0.5) is 17.3 Å². The number of ether oxygens (including phenoxy) is 3. The Labute approximate surface area is 260 Å². The fourth-order valence-electron chi connectivity index (χ4n) is 5.07. The third-order valence-corrected chi connectivity index (χ3v) is 8.09. The third kappa shape index (κ3) is 6.86. The summed E-state index contributed by atoms with van der Waals surface area (Å²) in [6.07, 6.45) is 3.82. The third-order valence-electron chi connectivity index (χ3n) is 7.34. The number of amides is 1. The van der Waals surface area contributed by atoms with E-state index in [0.29, 0.717) is 49.9 Å². The van der Waals surface area contributed by atoms with Gasteiger partial charge in [0.25, 0.3) is 0 Å². The van der Waals surface area contributed by atoms with Crippen LogP contribution in [-0.2, 0) is 16.0 Å². The summed E-state index contributed by atoms with van der Waals surface area (Å²) in [5.74, 6) is 0.996. The molecule has 0 radical (unpaired) electrons. The summed E-state index contributed by atoms with van der Waals surface area (Å²) in [7, 11) is 3.08. The van der Waals surface area contributed by atoms with Crippen LogP contribution in [0.2, 0.25) is 10.0 Å². The maximum absolute atomic E-state index is 12.3. The number of morpholine rings is 1. The van der Waals surface area contributed by atoms with Gasteiger partial charge in [0.2, 0.25) is 11.9 Å². The van der Waals surface area contributed by atoms with E-state index in [1.165, 1.54) is 20.3 Å². The second-order valence-electron chi connectivity index (χ2n) is 10.1. The van der Waals surface area contributed by atoms with Gasteiger partial charge in [-0.1, -0.05) is 41.9 Å². The molecule has 1 aliphatic rings. The molecule has 0 bridgehead atoms.